The minimum atomic E-state index is -0.287. The summed E-state index contributed by atoms with van der Waals surface area (Å²) in [5, 5.41) is 3.13. The molecule has 0 aliphatic carbocycles. The predicted octanol–water partition coefficient (Wildman–Crippen LogP) is 3.83. The molecule has 0 spiro atoms. The topological polar surface area (TPSA) is 29.1 Å². The van der Waals surface area contributed by atoms with Crippen molar-refractivity contribution >= 4 is 5.91 Å². The van der Waals surface area contributed by atoms with Gasteiger partial charge in [-0.05, 0) is 18.3 Å². The molecule has 0 aromatic heterocycles. The van der Waals surface area contributed by atoms with E-state index in [1.807, 2.05) is 0 Å². The molecule has 3 nitrogen and oxygen atoms in total. The maximum absolute atomic E-state index is 12.3. The fourth-order valence-electron chi connectivity index (χ4n) is 3.05. The molecule has 0 aromatic rings. The van der Waals surface area contributed by atoms with Crippen molar-refractivity contribution < 1.29 is 9.28 Å². The van der Waals surface area contributed by atoms with E-state index in [0.717, 1.165) is 30.4 Å². The molecule has 0 heterocycles. The second-order valence-corrected chi connectivity index (χ2v) is 8.97. The Labute approximate surface area is 133 Å². The van der Waals surface area contributed by atoms with Gasteiger partial charge in [0.2, 0.25) is 5.91 Å². The van der Waals surface area contributed by atoms with Crippen LogP contribution in [0, 0.1) is 10.8 Å². The molecule has 0 radical (unpaired) electrons. The summed E-state index contributed by atoms with van der Waals surface area (Å²) in [7, 11) is 4.56. The quantitative estimate of drug-likeness (QED) is 0.509. The van der Waals surface area contributed by atoms with E-state index >= 15 is 0 Å². The van der Waals surface area contributed by atoms with Gasteiger partial charge in [0.15, 0.2) is 0 Å². The van der Waals surface area contributed by atoms with Crippen LogP contribution < -0.4 is 5.32 Å². The molecule has 3 heteroatoms. The lowest BCUT2D eigenvalue weighted by Gasteiger charge is -2.32. The molecule has 0 aliphatic heterocycles. The van der Waals surface area contributed by atoms with Crippen LogP contribution in [0.2, 0.25) is 0 Å². The standard InChI is InChI=1S/C18H38N2O/c1-9-10-13-20(7,8)14-11-12-19-16(21)18(5,6)15-17(2,3)4/h9-15H2,1-8H3/p+1. The van der Waals surface area contributed by atoms with Crippen LogP contribution in [-0.2, 0) is 4.79 Å². The number of rotatable bonds is 9. The lowest BCUT2D eigenvalue weighted by Crippen LogP contribution is -2.44. The molecule has 126 valence electrons. The molecule has 0 rings (SSSR count). The zero-order valence-corrected chi connectivity index (χ0v) is 15.8. The summed E-state index contributed by atoms with van der Waals surface area (Å²) >= 11 is 0. The van der Waals surface area contributed by atoms with Crippen molar-refractivity contribution in [2.24, 2.45) is 10.8 Å². The molecule has 0 unspecified atom stereocenters. The molecule has 1 amide bonds. The number of nitrogens with one attached hydrogen (secondary N) is 1. The van der Waals surface area contributed by atoms with Crippen molar-refractivity contribution in [1.82, 2.24) is 5.32 Å². The summed E-state index contributed by atoms with van der Waals surface area (Å²) in [6.07, 6.45) is 4.48. The van der Waals surface area contributed by atoms with Crippen LogP contribution in [0.3, 0.4) is 0 Å². The lowest BCUT2D eigenvalue weighted by molar-refractivity contribution is -0.890. The smallest absolute Gasteiger partial charge is 0.225 e. The Morgan fingerprint density at radius 1 is 1.00 bits per heavy atom. The van der Waals surface area contributed by atoms with Crippen molar-refractivity contribution in [3.05, 3.63) is 0 Å². The molecular weight excluding hydrogens is 260 g/mol. The van der Waals surface area contributed by atoms with Gasteiger partial charge in [-0.2, -0.15) is 0 Å². The van der Waals surface area contributed by atoms with Gasteiger partial charge in [-0.15, -0.1) is 0 Å². The SMILES string of the molecule is CCCC[N+](C)(C)CCCNC(=O)C(C)(C)CC(C)(C)C. The minimum Gasteiger partial charge on any atom is -0.355 e. The Balaban J connectivity index is 4.09. The van der Waals surface area contributed by atoms with E-state index in [-0.39, 0.29) is 16.7 Å². The third kappa shape index (κ3) is 9.89. The van der Waals surface area contributed by atoms with E-state index < -0.39 is 0 Å². The molecule has 0 aliphatic rings. The van der Waals surface area contributed by atoms with Gasteiger partial charge < -0.3 is 9.80 Å². The summed E-state index contributed by atoms with van der Waals surface area (Å²) in [4.78, 5) is 12.3. The summed E-state index contributed by atoms with van der Waals surface area (Å²) in [5.74, 6) is 0.191. The van der Waals surface area contributed by atoms with Gasteiger partial charge in [0.1, 0.15) is 0 Å². The molecule has 0 aromatic carbocycles. The number of amides is 1. The Morgan fingerprint density at radius 2 is 1.52 bits per heavy atom. The highest BCUT2D eigenvalue weighted by Crippen LogP contribution is 2.33. The van der Waals surface area contributed by atoms with E-state index in [1.165, 1.54) is 19.4 Å². The zero-order valence-electron chi connectivity index (χ0n) is 15.8. The summed E-state index contributed by atoms with van der Waals surface area (Å²) < 4.78 is 1.05. The van der Waals surface area contributed by atoms with Crippen LogP contribution in [0.1, 0.15) is 67.2 Å². The van der Waals surface area contributed by atoms with Crippen molar-refractivity contribution in [3.8, 4) is 0 Å². The Hall–Kier alpha value is -0.570. The van der Waals surface area contributed by atoms with E-state index in [0.29, 0.717) is 0 Å². The lowest BCUT2D eigenvalue weighted by atomic mass is 9.76. The van der Waals surface area contributed by atoms with Crippen LogP contribution in [0.25, 0.3) is 0 Å². The third-order valence-corrected chi connectivity index (χ3v) is 3.93. The second kappa shape index (κ2) is 8.17. The fourth-order valence-corrected chi connectivity index (χ4v) is 3.05. The maximum Gasteiger partial charge on any atom is 0.225 e. The number of carbonyl (C=O) groups is 1. The van der Waals surface area contributed by atoms with Crippen LogP contribution in [0.15, 0.2) is 0 Å². The van der Waals surface area contributed by atoms with Gasteiger partial charge in [-0.1, -0.05) is 48.0 Å². The number of nitrogens with zero attached hydrogens (tertiary/aromatic N) is 1. The number of hydrogen-bond acceptors (Lipinski definition) is 1. The van der Waals surface area contributed by atoms with Gasteiger partial charge in [-0.3, -0.25) is 4.79 Å². The average molecular weight is 300 g/mol. The van der Waals surface area contributed by atoms with Crippen LogP contribution in [0.4, 0.5) is 0 Å². The highest BCUT2D eigenvalue weighted by atomic mass is 16.2. The molecule has 0 bridgehead atoms. The maximum atomic E-state index is 12.3. The molecule has 21 heavy (non-hydrogen) atoms. The van der Waals surface area contributed by atoms with Crippen LogP contribution >= 0.6 is 0 Å². The summed E-state index contributed by atoms with van der Waals surface area (Å²) in [5.41, 5.74) is -0.106. The van der Waals surface area contributed by atoms with Gasteiger partial charge >= 0.3 is 0 Å². The molecular formula is C18H39N2O+. The molecule has 0 saturated heterocycles. The Kier molecular flexibility index (Phi) is 7.94. The van der Waals surface area contributed by atoms with Gasteiger partial charge in [0.05, 0.1) is 27.2 Å². The first kappa shape index (κ1) is 20.4. The van der Waals surface area contributed by atoms with Crippen molar-refractivity contribution in [3.63, 3.8) is 0 Å². The highest BCUT2D eigenvalue weighted by molar-refractivity contribution is 5.81. The monoisotopic (exact) mass is 299 g/mol. The molecule has 0 saturated carbocycles. The highest BCUT2D eigenvalue weighted by Gasteiger charge is 2.32. The number of hydrogen-bond donors (Lipinski definition) is 1. The van der Waals surface area contributed by atoms with Crippen molar-refractivity contribution in [1.29, 1.82) is 0 Å². The first-order chi connectivity index (χ1) is 9.40. The van der Waals surface area contributed by atoms with Gasteiger partial charge in [0.25, 0.3) is 0 Å². The average Bonchev–Trinajstić information content (AvgIpc) is 2.29. The predicted molar refractivity (Wildman–Crippen MR) is 92.2 cm³/mol. The van der Waals surface area contributed by atoms with Crippen molar-refractivity contribution in [2.45, 2.75) is 67.2 Å². The summed E-state index contributed by atoms with van der Waals surface area (Å²) in [6.45, 7) is 16.0. The molecule has 0 fully saturated rings. The minimum absolute atomic E-state index is 0.180. The van der Waals surface area contributed by atoms with E-state index in [1.54, 1.807) is 0 Å². The van der Waals surface area contributed by atoms with Gasteiger partial charge in [0, 0.05) is 18.4 Å². The number of quaternary nitrogens is 1. The molecule has 1 N–H and O–H groups in total. The third-order valence-electron chi connectivity index (χ3n) is 3.93. The first-order valence-corrected chi connectivity index (χ1v) is 8.50. The number of carbonyl (C=O) groups excluding carboxylic acids is 1. The largest absolute Gasteiger partial charge is 0.355 e. The second-order valence-electron chi connectivity index (χ2n) is 8.97. The summed E-state index contributed by atoms with van der Waals surface area (Å²) in [6, 6.07) is 0. The van der Waals surface area contributed by atoms with E-state index in [4.69, 9.17) is 0 Å². The van der Waals surface area contributed by atoms with Crippen molar-refractivity contribution in [2.75, 3.05) is 33.7 Å². The van der Waals surface area contributed by atoms with Crippen LogP contribution in [-0.4, -0.2) is 44.1 Å². The molecule has 0 atom stereocenters. The van der Waals surface area contributed by atoms with Crippen LogP contribution in [0.5, 0.6) is 0 Å². The Morgan fingerprint density at radius 3 is 2.00 bits per heavy atom. The van der Waals surface area contributed by atoms with E-state index in [2.05, 4.69) is 61.0 Å². The fraction of sp³-hybridized carbons (Fsp3) is 0.944. The van der Waals surface area contributed by atoms with Gasteiger partial charge in [-0.25, -0.2) is 0 Å². The number of unbranched alkanes of at least 4 members (excludes halogenated alkanes) is 1. The Bertz CT molecular complexity index is 314. The van der Waals surface area contributed by atoms with E-state index in [9.17, 15) is 4.79 Å². The zero-order chi connectivity index (χ0) is 16.7. The first-order valence-electron chi connectivity index (χ1n) is 8.50. The normalized spacial score (nSPS) is 13.3.